The molecule has 20 heavy (non-hydrogen) atoms. The molecule has 3 aromatic rings. The predicted octanol–water partition coefficient (Wildman–Crippen LogP) is 3.07. The van der Waals surface area contributed by atoms with Crippen molar-refractivity contribution >= 4 is 27.9 Å². The molecule has 0 saturated heterocycles. The number of unbranched alkanes of at least 4 members (excludes halogenated alkanes) is 1. The number of aromatic nitrogens is 3. The lowest BCUT2D eigenvalue weighted by atomic mass is 10.2. The van der Waals surface area contributed by atoms with Gasteiger partial charge in [-0.25, -0.2) is 4.79 Å². The van der Waals surface area contributed by atoms with Crippen molar-refractivity contribution in [3.8, 4) is 0 Å². The maximum absolute atomic E-state index is 11.9. The van der Waals surface area contributed by atoms with Crippen LogP contribution in [0.4, 0.5) is 0 Å². The van der Waals surface area contributed by atoms with Crippen LogP contribution in [0.3, 0.4) is 0 Å². The smallest absolute Gasteiger partial charge is 0.358 e. The van der Waals surface area contributed by atoms with Crippen molar-refractivity contribution in [2.45, 2.75) is 19.8 Å². The van der Waals surface area contributed by atoms with E-state index in [1.807, 2.05) is 31.2 Å². The molecule has 3 rings (SSSR count). The van der Waals surface area contributed by atoms with Crippen molar-refractivity contribution in [1.29, 1.82) is 0 Å². The maximum atomic E-state index is 11.9. The molecular formula is C15H15N3O2. The molecule has 0 amide bonds. The number of fused-ring (bicyclic) bond motifs is 3. The van der Waals surface area contributed by atoms with E-state index in [9.17, 15) is 4.79 Å². The summed E-state index contributed by atoms with van der Waals surface area (Å²) in [6.45, 7) is 2.47. The minimum absolute atomic E-state index is 0.248. The largest absolute Gasteiger partial charge is 0.461 e. The van der Waals surface area contributed by atoms with Gasteiger partial charge in [0.25, 0.3) is 0 Å². The molecule has 5 nitrogen and oxygen atoms in total. The topological polar surface area (TPSA) is 67.9 Å². The lowest BCUT2D eigenvalue weighted by Gasteiger charge is -2.02. The highest BCUT2D eigenvalue weighted by atomic mass is 16.5. The minimum Gasteiger partial charge on any atom is -0.461 e. The third kappa shape index (κ3) is 2.22. The molecular weight excluding hydrogens is 254 g/mol. The van der Waals surface area contributed by atoms with Crippen LogP contribution in [0.15, 0.2) is 30.3 Å². The first kappa shape index (κ1) is 12.6. The highest BCUT2D eigenvalue weighted by Crippen LogP contribution is 2.23. The molecule has 0 aliphatic carbocycles. The fraction of sp³-hybridized carbons (Fsp3) is 0.267. The van der Waals surface area contributed by atoms with Crippen LogP contribution < -0.4 is 0 Å². The van der Waals surface area contributed by atoms with Gasteiger partial charge in [-0.3, -0.25) is 0 Å². The second-order valence-corrected chi connectivity index (χ2v) is 4.65. The molecule has 102 valence electrons. The van der Waals surface area contributed by atoms with Gasteiger partial charge in [-0.1, -0.05) is 31.5 Å². The number of esters is 1. The minimum atomic E-state index is -0.418. The number of H-pyrrole nitrogens is 1. The average Bonchev–Trinajstić information content (AvgIpc) is 2.85. The van der Waals surface area contributed by atoms with Gasteiger partial charge in [0.1, 0.15) is 0 Å². The molecule has 0 spiro atoms. The van der Waals surface area contributed by atoms with Crippen LogP contribution in [-0.4, -0.2) is 27.8 Å². The summed E-state index contributed by atoms with van der Waals surface area (Å²) >= 11 is 0. The summed E-state index contributed by atoms with van der Waals surface area (Å²) < 4.78 is 5.15. The first-order valence-electron chi connectivity index (χ1n) is 6.71. The van der Waals surface area contributed by atoms with E-state index in [1.165, 1.54) is 0 Å². The summed E-state index contributed by atoms with van der Waals surface area (Å²) in [4.78, 5) is 15.1. The van der Waals surface area contributed by atoms with Gasteiger partial charge in [0.2, 0.25) is 0 Å². The summed E-state index contributed by atoms with van der Waals surface area (Å²) in [6.07, 6.45) is 1.84. The van der Waals surface area contributed by atoms with E-state index in [0.29, 0.717) is 12.3 Å². The summed E-state index contributed by atoms with van der Waals surface area (Å²) in [6, 6.07) is 9.59. The highest BCUT2D eigenvalue weighted by molar-refractivity contribution is 6.07. The number of rotatable bonds is 4. The molecule has 2 heterocycles. The Bertz CT molecular complexity index is 764. The van der Waals surface area contributed by atoms with Crippen LogP contribution in [0.5, 0.6) is 0 Å². The van der Waals surface area contributed by atoms with Crippen molar-refractivity contribution in [3.63, 3.8) is 0 Å². The van der Waals surface area contributed by atoms with Crippen LogP contribution in [0.1, 0.15) is 30.3 Å². The first-order chi connectivity index (χ1) is 9.79. The lowest BCUT2D eigenvalue weighted by Crippen LogP contribution is -2.09. The van der Waals surface area contributed by atoms with Crippen molar-refractivity contribution in [2.24, 2.45) is 0 Å². The van der Waals surface area contributed by atoms with Crippen molar-refractivity contribution < 1.29 is 9.53 Å². The molecule has 1 N–H and O–H groups in total. The molecule has 2 aromatic heterocycles. The summed E-state index contributed by atoms with van der Waals surface area (Å²) in [5.74, 6) is -0.418. The molecule has 0 saturated carbocycles. The number of hydrogen-bond acceptors (Lipinski definition) is 4. The van der Waals surface area contributed by atoms with Crippen LogP contribution >= 0.6 is 0 Å². The van der Waals surface area contributed by atoms with Gasteiger partial charge in [-0.15, -0.1) is 10.2 Å². The quantitative estimate of drug-likeness (QED) is 0.584. The number of benzene rings is 1. The van der Waals surface area contributed by atoms with Gasteiger partial charge < -0.3 is 9.72 Å². The Morgan fingerprint density at radius 1 is 1.25 bits per heavy atom. The first-order valence-corrected chi connectivity index (χ1v) is 6.71. The Balaban J connectivity index is 1.97. The van der Waals surface area contributed by atoms with E-state index in [1.54, 1.807) is 6.07 Å². The molecule has 0 radical (unpaired) electrons. The third-order valence-corrected chi connectivity index (χ3v) is 3.20. The second kappa shape index (κ2) is 5.28. The maximum Gasteiger partial charge on any atom is 0.358 e. The van der Waals surface area contributed by atoms with Crippen molar-refractivity contribution in [3.05, 3.63) is 36.0 Å². The van der Waals surface area contributed by atoms with Crippen LogP contribution in [0.2, 0.25) is 0 Å². The molecule has 0 fully saturated rings. The van der Waals surface area contributed by atoms with E-state index in [-0.39, 0.29) is 5.69 Å². The zero-order valence-electron chi connectivity index (χ0n) is 11.2. The normalized spacial score (nSPS) is 11.1. The zero-order chi connectivity index (χ0) is 13.9. The summed E-state index contributed by atoms with van der Waals surface area (Å²) in [5, 5.41) is 9.90. The molecule has 1 aromatic carbocycles. The number of para-hydroxylation sites is 1. The van der Waals surface area contributed by atoms with Gasteiger partial charge in [0.15, 0.2) is 11.3 Å². The summed E-state index contributed by atoms with van der Waals surface area (Å²) in [5.41, 5.74) is 1.91. The van der Waals surface area contributed by atoms with Crippen molar-refractivity contribution in [1.82, 2.24) is 15.2 Å². The van der Waals surface area contributed by atoms with Crippen LogP contribution in [0, 0.1) is 0 Å². The Morgan fingerprint density at radius 3 is 2.95 bits per heavy atom. The number of carbonyl (C=O) groups is 1. The Labute approximate surface area is 116 Å². The third-order valence-electron chi connectivity index (χ3n) is 3.20. The molecule has 5 heteroatoms. The van der Waals surface area contributed by atoms with Gasteiger partial charge >= 0.3 is 5.97 Å². The van der Waals surface area contributed by atoms with Gasteiger partial charge in [0, 0.05) is 16.3 Å². The Hall–Kier alpha value is -2.43. The van der Waals surface area contributed by atoms with Gasteiger partial charge in [-0.05, 0) is 18.6 Å². The molecule has 0 unspecified atom stereocenters. The fourth-order valence-corrected chi connectivity index (χ4v) is 2.13. The number of nitrogens with zero attached hydrogens (tertiary/aromatic N) is 2. The molecule has 0 atom stereocenters. The Kier molecular flexibility index (Phi) is 3.33. The average molecular weight is 269 g/mol. The monoisotopic (exact) mass is 269 g/mol. The number of ether oxygens (including phenoxy) is 1. The zero-order valence-corrected chi connectivity index (χ0v) is 11.2. The molecule has 0 bridgehead atoms. The number of nitrogens with one attached hydrogen (secondary N) is 1. The fourth-order valence-electron chi connectivity index (χ4n) is 2.13. The van der Waals surface area contributed by atoms with Crippen LogP contribution in [-0.2, 0) is 4.74 Å². The SMILES string of the molecule is CCCCOC(=O)c1cc2c(nn1)[nH]c1ccccc12. The number of carbonyl (C=O) groups excluding carboxylic acids is 1. The van der Waals surface area contributed by atoms with E-state index < -0.39 is 5.97 Å². The summed E-state index contributed by atoms with van der Waals surface area (Å²) in [7, 11) is 0. The standard InChI is InChI=1S/C15H15N3O2/c1-2-3-8-20-15(19)13-9-11-10-6-4-5-7-12(10)16-14(11)18-17-13/h4-7,9H,2-3,8H2,1H3,(H,16,18). The van der Waals surface area contributed by atoms with E-state index >= 15 is 0 Å². The highest BCUT2D eigenvalue weighted by Gasteiger charge is 2.13. The molecule has 0 aliphatic heterocycles. The van der Waals surface area contributed by atoms with E-state index in [4.69, 9.17) is 4.74 Å². The Morgan fingerprint density at radius 2 is 2.10 bits per heavy atom. The number of hydrogen-bond donors (Lipinski definition) is 1. The van der Waals surface area contributed by atoms with E-state index in [0.717, 1.165) is 29.1 Å². The molecule has 0 aliphatic rings. The van der Waals surface area contributed by atoms with Crippen molar-refractivity contribution in [2.75, 3.05) is 6.61 Å². The predicted molar refractivity (Wildman–Crippen MR) is 76.6 cm³/mol. The van der Waals surface area contributed by atoms with Crippen LogP contribution in [0.25, 0.3) is 21.9 Å². The van der Waals surface area contributed by atoms with E-state index in [2.05, 4.69) is 15.2 Å². The number of aromatic amines is 1. The lowest BCUT2D eigenvalue weighted by molar-refractivity contribution is 0.0492. The van der Waals surface area contributed by atoms with Gasteiger partial charge in [0.05, 0.1) is 6.61 Å². The van der Waals surface area contributed by atoms with Gasteiger partial charge in [-0.2, -0.15) is 0 Å². The second-order valence-electron chi connectivity index (χ2n) is 4.65.